The van der Waals surface area contributed by atoms with Crippen LogP contribution in [0.15, 0.2) is 23.4 Å². The van der Waals surface area contributed by atoms with Gasteiger partial charge in [-0.3, -0.25) is 4.79 Å². The minimum absolute atomic E-state index is 0.0137. The SMILES string of the molecule is C[C@H](NC(=O)CSc1nnnn1C1CC1)c1ccc2c(c1)CCCC2. The Bertz CT molecular complexity index is 771. The summed E-state index contributed by atoms with van der Waals surface area (Å²) >= 11 is 1.40. The maximum atomic E-state index is 12.3. The lowest BCUT2D eigenvalue weighted by molar-refractivity contribution is -0.119. The molecule has 2 aromatic rings. The van der Waals surface area contributed by atoms with Crippen LogP contribution in [0.2, 0.25) is 0 Å². The Morgan fingerprint density at radius 1 is 1.32 bits per heavy atom. The van der Waals surface area contributed by atoms with Gasteiger partial charge in [0.05, 0.1) is 17.8 Å². The second kappa shape index (κ2) is 7.15. The topological polar surface area (TPSA) is 72.7 Å². The zero-order valence-corrected chi connectivity index (χ0v) is 15.3. The molecule has 0 aliphatic heterocycles. The van der Waals surface area contributed by atoms with Crippen molar-refractivity contribution in [2.24, 2.45) is 0 Å². The van der Waals surface area contributed by atoms with Crippen LogP contribution in [0.5, 0.6) is 0 Å². The number of rotatable bonds is 6. The molecule has 1 amide bonds. The smallest absolute Gasteiger partial charge is 0.230 e. The molecule has 0 spiro atoms. The van der Waals surface area contributed by atoms with Crippen LogP contribution >= 0.6 is 11.8 Å². The summed E-state index contributed by atoms with van der Waals surface area (Å²) in [4.78, 5) is 12.3. The van der Waals surface area contributed by atoms with Crippen molar-refractivity contribution >= 4 is 17.7 Å². The van der Waals surface area contributed by atoms with E-state index in [2.05, 4.69) is 39.0 Å². The monoisotopic (exact) mass is 357 g/mol. The van der Waals surface area contributed by atoms with Gasteiger partial charge in [-0.05, 0) is 72.6 Å². The number of aryl methyl sites for hydroxylation is 2. The van der Waals surface area contributed by atoms with Gasteiger partial charge in [-0.1, -0.05) is 30.0 Å². The van der Waals surface area contributed by atoms with Gasteiger partial charge in [-0.2, -0.15) is 0 Å². The number of fused-ring (bicyclic) bond motifs is 1. The Morgan fingerprint density at radius 3 is 2.92 bits per heavy atom. The van der Waals surface area contributed by atoms with E-state index in [1.807, 2.05) is 11.6 Å². The first-order valence-electron chi connectivity index (χ1n) is 9.02. The fraction of sp³-hybridized carbons (Fsp3) is 0.556. The number of carbonyl (C=O) groups excluding carboxylic acids is 1. The molecule has 1 aromatic carbocycles. The van der Waals surface area contributed by atoms with Crippen molar-refractivity contribution in [1.82, 2.24) is 25.5 Å². The Balaban J connectivity index is 1.33. The maximum Gasteiger partial charge on any atom is 0.230 e. The van der Waals surface area contributed by atoms with Gasteiger partial charge in [0.25, 0.3) is 0 Å². The van der Waals surface area contributed by atoms with Gasteiger partial charge in [0.1, 0.15) is 0 Å². The van der Waals surface area contributed by atoms with E-state index in [0.29, 0.717) is 11.8 Å². The molecule has 2 aliphatic carbocycles. The largest absolute Gasteiger partial charge is 0.349 e. The normalized spacial score (nSPS) is 17.8. The van der Waals surface area contributed by atoms with Gasteiger partial charge in [0.15, 0.2) is 0 Å². The van der Waals surface area contributed by atoms with Gasteiger partial charge < -0.3 is 5.32 Å². The van der Waals surface area contributed by atoms with E-state index in [0.717, 1.165) is 24.4 Å². The highest BCUT2D eigenvalue weighted by molar-refractivity contribution is 7.99. The maximum absolute atomic E-state index is 12.3. The summed E-state index contributed by atoms with van der Waals surface area (Å²) in [6, 6.07) is 7.08. The van der Waals surface area contributed by atoms with Crippen LogP contribution < -0.4 is 5.32 Å². The first-order chi connectivity index (χ1) is 12.2. The summed E-state index contributed by atoms with van der Waals surface area (Å²) in [7, 11) is 0. The number of hydrogen-bond acceptors (Lipinski definition) is 5. The fourth-order valence-electron chi connectivity index (χ4n) is 3.35. The fourth-order valence-corrected chi connectivity index (χ4v) is 4.10. The van der Waals surface area contributed by atoms with Crippen molar-refractivity contribution in [3.8, 4) is 0 Å². The number of thioether (sulfide) groups is 1. The number of tetrazole rings is 1. The van der Waals surface area contributed by atoms with Gasteiger partial charge >= 0.3 is 0 Å². The zero-order valence-electron chi connectivity index (χ0n) is 14.4. The third-order valence-corrected chi connectivity index (χ3v) is 5.87. The van der Waals surface area contributed by atoms with E-state index < -0.39 is 0 Å². The van der Waals surface area contributed by atoms with Crippen molar-refractivity contribution in [2.75, 3.05) is 5.75 Å². The Hall–Kier alpha value is -1.89. The molecular formula is C18H23N5OS. The predicted octanol–water partition coefficient (Wildman–Crippen LogP) is 2.86. The number of nitrogens with one attached hydrogen (secondary N) is 1. The molecule has 1 saturated carbocycles. The lowest BCUT2D eigenvalue weighted by Gasteiger charge is -2.20. The van der Waals surface area contributed by atoms with Crippen LogP contribution in [0, 0.1) is 0 Å². The standard InChI is InChI=1S/C18H23N5OS/c1-12(14-7-6-13-4-2-3-5-15(13)10-14)19-17(24)11-25-18-20-21-22-23(18)16-8-9-16/h6-7,10,12,16H,2-5,8-9,11H2,1H3,(H,19,24)/t12-/m0/s1. The quantitative estimate of drug-likeness (QED) is 0.805. The second-order valence-electron chi connectivity index (χ2n) is 6.95. The van der Waals surface area contributed by atoms with E-state index >= 15 is 0 Å². The van der Waals surface area contributed by atoms with Crippen LogP contribution in [0.1, 0.15) is 61.4 Å². The molecule has 6 nitrogen and oxygen atoms in total. The molecule has 2 aliphatic rings. The Kier molecular flexibility index (Phi) is 4.74. The molecule has 1 heterocycles. The van der Waals surface area contributed by atoms with Crippen LogP contribution in [0.4, 0.5) is 0 Å². The molecule has 132 valence electrons. The summed E-state index contributed by atoms with van der Waals surface area (Å²) in [5, 5.41) is 15.6. The Labute approximate surface area is 151 Å². The third-order valence-electron chi connectivity index (χ3n) is 4.94. The highest BCUT2D eigenvalue weighted by Crippen LogP contribution is 2.36. The van der Waals surface area contributed by atoms with Gasteiger partial charge in [0.2, 0.25) is 11.1 Å². The summed E-state index contributed by atoms with van der Waals surface area (Å²) in [5.41, 5.74) is 4.10. The number of hydrogen-bond donors (Lipinski definition) is 1. The van der Waals surface area contributed by atoms with E-state index in [1.54, 1.807) is 0 Å². The number of benzene rings is 1. The summed E-state index contributed by atoms with van der Waals surface area (Å²) in [5.74, 6) is 0.350. The lowest BCUT2D eigenvalue weighted by atomic mass is 9.89. The number of nitrogens with zero attached hydrogens (tertiary/aromatic N) is 4. The first kappa shape index (κ1) is 16.6. The van der Waals surface area contributed by atoms with E-state index in [1.165, 1.54) is 47.7 Å². The number of carbonyl (C=O) groups is 1. The summed E-state index contributed by atoms with van der Waals surface area (Å²) in [6.45, 7) is 2.04. The average Bonchev–Trinajstić information content (AvgIpc) is 3.37. The van der Waals surface area contributed by atoms with Crippen molar-refractivity contribution in [2.45, 2.75) is 62.7 Å². The molecule has 4 rings (SSSR count). The van der Waals surface area contributed by atoms with Gasteiger partial charge in [-0.15, -0.1) is 5.10 Å². The molecule has 0 bridgehead atoms. The molecule has 1 aromatic heterocycles. The molecule has 1 N–H and O–H groups in total. The van der Waals surface area contributed by atoms with E-state index in [9.17, 15) is 4.79 Å². The van der Waals surface area contributed by atoms with Gasteiger partial charge in [0, 0.05) is 0 Å². The molecule has 1 atom stereocenters. The molecular weight excluding hydrogens is 334 g/mol. The van der Waals surface area contributed by atoms with Gasteiger partial charge in [-0.25, -0.2) is 4.68 Å². The van der Waals surface area contributed by atoms with Crippen molar-refractivity contribution in [3.05, 3.63) is 34.9 Å². The molecule has 1 fully saturated rings. The van der Waals surface area contributed by atoms with E-state index in [4.69, 9.17) is 0 Å². The zero-order chi connectivity index (χ0) is 17.2. The molecule has 0 unspecified atom stereocenters. The summed E-state index contributed by atoms with van der Waals surface area (Å²) in [6.07, 6.45) is 7.15. The predicted molar refractivity (Wildman–Crippen MR) is 96.5 cm³/mol. The van der Waals surface area contributed by atoms with Crippen molar-refractivity contribution < 1.29 is 4.79 Å². The minimum atomic E-state index is 0.0137. The Morgan fingerprint density at radius 2 is 2.12 bits per heavy atom. The van der Waals surface area contributed by atoms with Crippen LogP contribution in [-0.2, 0) is 17.6 Å². The van der Waals surface area contributed by atoms with Crippen molar-refractivity contribution in [3.63, 3.8) is 0 Å². The van der Waals surface area contributed by atoms with Crippen molar-refractivity contribution in [1.29, 1.82) is 0 Å². The van der Waals surface area contributed by atoms with Crippen LogP contribution in [0.3, 0.4) is 0 Å². The molecule has 0 radical (unpaired) electrons. The number of amides is 1. The van der Waals surface area contributed by atoms with Crippen LogP contribution in [0.25, 0.3) is 0 Å². The number of aromatic nitrogens is 4. The average molecular weight is 357 g/mol. The second-order valence-corrected chi connectivity index (χ2v) is 7.89. The highest BCUT2D eigenvalue weighted by Gasteiger charge is 2.28. The lowest BCUT2D eigenvalue weighted by Crippen LogP contribution is -2.28. The summed E-state index contributed by atoms with van der Waals surface area (Å²) < 4.78 is 1.84. The molecule has 25 heavy (non-hydrogen) atoms. The van der Waals surface area contributed by atoms with Crippen LogP contribution in [-0.4, -0.2) is 31.9 Å². The third kappa shape index (κ3) is 3.86. The first-order valence-corrected chi connectivity index (χ1v) is 10.0. The molecule has 0 saturated heterocycles. The minimum Gasteiger partial charge on any atom is -0.349 e. The van der Waals surface area contributed by atoms with E-state index in [-0.39, 0.29) is 11.9 Å². The molecule has 7 heteroatoms. The highest BCUT2D eigenvalue weighted by atomic mass is 32.2.